The topological polar surface area (TPSA) is 99.3 Å². The molecular weight excluding hydrogens is 603 g/mol. The smallest absolute Gasteiger partial charge is 0.322 e. The van der Waals surface area contributed by atoms with Crippen molar-refractivity contribution in [3.8, 4) is 0 Å². The number of carbonyl (C=O) groups excluding carboxylic acids is 4. The van der Waals surface area contributed by atoms with Gasteiger partial charge in [0.2, 0.25) is 11.8 Å². The molecule has 2 fully saturated rings. The molecule has 5 rings (SSSR count). The molecule has 3 aliphatic rings. The van der Waals surface area contributed by atoms with E-state index in [2.05, 4.69) is 5.32 Å². The molecule has 0 aliphatic carbocycles. The van der Waals surface area contributed by atoms with Crippen molar-refractivity contribution in [2.24, 2.45) is 11.8 Å². The highest BCUT2D eigenvalue weighted by molar-refractivity contribution is 6.42. The van der Waals surface area contributed by atoms with Gasteiger partial charge in [-0.3, -0.25) is 14.4 Å². The lowest BCUT2D eigenvalue weighted by Gasteiger charge is -2.41. The van der Waals surface area contributed by atoms with Crippen LogP contribution in [0.2, 0.25) is 10.0 Å². The lowest BCUT2D eigenvalue weighted by atomic mass is 9.90. The summed E-state index contributed by atoms with van der Waals surface area (Å²) in [4.78, 5) is 57.8. The molecule has 0 bridgehead atoms. The number of hydrogen-bond donors (Lipinski definition) is 1. The molecule has 1 atom stereocenters. The van der Waals surface area contributed by atoms with Crippen molar-refractivity contribution >= 4 is 52.7 Å². The second-order valence-corrected chi connectivity index (χ2v) is 12.8. The number of ether oxygens (including phenoxy) is 1. The van der Waals surface area contributed by atoms with Gasteiger partial charge in [-0.15, -0.1) is 0 Å². The number of rotatable bonds is 9. The van der Waals surface area contributed by atoms with E-state index in [0.29, 0.717) is 75.1 Å². The number of nitrogens with zero attached hydrogens (tertiary/aromatic N) is 3. The number of anilines is 1. The van der Waals surface area contributed by atoms with Crippen molar-refractivity contribution < 1.29 is 23.9 Å². The summed E-state index contributed by atoms with van der Waals surface area (Å²) in [5.74, 6) is -0.687. The Bertz CT molecular complexity index is 1370. The number of piperidine rings is 2. The number of carbonyl (C=O) groups is 4. The number of hydrogen-bond acceptors (Lipinski definition) is 5. The Morgan fingerprint density at radius 2 is 1.66 bits per heavy atom. The maximum Gasteiger partial charge on any atom is 0.322 e. The van der Waals surface area contributed by atoms with E-state index in [-0.39, 0.29) is 42.2 Å². The van der Waals surface area contributed by atoms with Crippen LogP contribution in [-0.4, -0.2) is 77.3 Å². The monoisotopic (exact) mass is 642 g/mol. The maximum atomic E-state index is 13.9. The molecule has 2 aromatic carbocycles. The molecular formula is C33H40Cl2N4O5. The molecule has 0 aromatic heterocycles. The second kappa shape index (κ2) is 14.7. The lowest BCUT2D eigenvalue weighted by Crippen LogP contribution is -2.51. The third kappa shape index (κ3) is 7.85. The zero-order valence-electron chi connectivity index (χ0n) is 25.1. The minimum atomic E-state index is -0.552. The van der Waals surface area contributed by atoms with E-state index in [1.54, 1.807) is 19.1 Å². The molecule has 0 saturated carbocycles. The molecule has 1 N–H and O–H groups in total. The molecule has 2 saturated heterocycles. The molecule has 0 spiro atoms. The van der Waals surface area contributed by atoms with E-state index in [0.717, 1.165) is 29.7 Å². The molecule has 236 valence electrons. The van der Waals surface area contributed by atoms with Crippen molar-refractivity contribution in [3.63, 3.8) is 0 Å². The van der Waals surface area contributed by atoms with Crippen molar-refractivity contribution in [3.05, 3.63) is 63.6 Å². The van der Waals surface area contributed by atoms with E-state index in [9.17, 15) is 19.2 Å². The van der Waals surface area contributed by atoms with E-state index >= 15 is 0 Å². The van der Waals surface area contributed by atoms with E-state index in [1.165, 1.54) is 0 Å². The minimum absolute atomic E-state index is 0.0388. The Hall–Kier alpha value is -3.30. The number of amides is 4. The third-order valence-corrected chi connectivity index (χ3v) is 9.78. The molecule has 11 heteroatoms. The summed E-state index contributed by atoms with van der Waals surface area (Å²) in [7, 11) is 0. The van der Waals surface area contributed by atoms with Crippen molar-refractivity contribution in [1.29, 1.82) is 0 Å². The Balaban J connectivity index is 1.20. The first-order chi connectivity index (χ1) is 21.2. The third-order valence-electron chi connectivity index (χ3n) is 9.04. The number of esters is 1. The summed E-state index contributed by atoms with van der Waals surface area (Å²) in [6, 6.07) is 13.1. The van der Waals surface area contributed by atoms with Crippen LogP contribution in [0, 0.1) is 11.8 Å². The van der Waals surface area contributed by atoms with Crippen molar-refractivity contribution in [1.82, 2.24) is 14.7 Å². The molecule has 44 heavy (non-hydrogen) atoms. The number of benzene rings is 2. The number of urea groups is 1. The fourth-order valence-electron chi connectivity index (χ4n) is 6.55. The van der Waals surface area contributed by atoms with Crippen LogP contribution in [0.15, 0.2) is 42.5 Å². The van der Waals surface area contributed by atoms with Gasteiger partial charge >= 0.3 is 12.0 Å². The molecule has 4 amide bonds. The van der Waals surface area contributed by atoms with Gasteiger partial charge in [0.25, 0.3) is 0 Å². The van der Waals surface area contributed by atoms with Gasteiger partial charge in [0.1, 0.15) is 0 Å². The molecule has 2 aromatic rings. The van der Waals surface area contributed by atoms with E-state index < -0.39 is 5.92 Å². The SMILES string of the molecule is CCOC(=O)CC1CCN(C(=O)C(CC(=O)N2CCC(N3Cc4ccccc4NC3=O)CC2)Cc2ccc(Cl)c(Cl)c2)CC1. The fraction of sp³-hybridized carbons (Fsp3) is 0.515. The van der Waals surface area contributed by atoms with Gasteiger partial charge in [-0.1, -0.05) is 47.5 Å². The largest absolute Gasteiger partial charge is 0.466 e. The van der Waals surface area contributed by atoms with Crippen LogP contribution >= 0.6 is 23.2 Å². The zero-order chi connectivity index (χ0) is 31.2. The average Bonchev–Trinajstić information content (AvgIpc) is 3.02. The summed E-state index contributed by atoms with van der Waals surface area (Å²) < 4.78 is 5.10. The van der Waals surface area contributed by atoms with Crippen LogP contribution in [0.4, 0.5) is 10.5 Å². The summed E-state index contributed by atoms with van der Waals surface area (Å²) in [5.41, 5.74) is 2.78. The molecule has 3 aliphatic heterocycles. The van der Waals surface area contributed by atoms with Crippen molar-refractivity contribution in [2.45, 2.75) is 64.5 Å². The predicted molar refractivity (Wildman–Crippen MR) is 169 cm³/mol. The Kier molecular flexibility index (Phi) is 10.7. The molecule has 3 heterocycles. The van der Waals surface area contributed by atoms with Gasteiger partial charge in [0.15, 0.2) is 0 Å². The highest BCUT2D eigenvalue weighted by atomic mass is 35.5. The van der Waals surface area contributed by atoms with Gasteiger partial charge in [-0.05, 0) is 74.3 Å². The highest BCUT2D eigenvalue weighted by Gasteiger charge is 2.35. The zero-order valence-corrected chi connectivity index (χ0v) is 26.6. The summed E-state index contributed by atoms with van der Waals surface area (Å²) in [6.45, 7) is 4.85. The first-order valence-electron chi connectivity index (χ1n) is 15.5. The summed E-state index contributed by atoms with van der Waals surface area (Å²) >= 11 is 12.4. The summed E-state index contributed by atoms with van der Waals surface area (Å²) in [5, 5.41) is 3.83. The number of halogens is 2. The van der Waals surface area contributed by atoms with Gasteiger partial charge < -0.3 is 24.8 Å². The quantitative estimate of drug-likeness (QED) is 0.350. The van der Waals surface area contributed by atoms with Crippen LogP contribution in [0.25, 0.3) is 0 Å². The van der Waals surface area contributed by atoms with Crippen LogP contribution in [0.3, 0.4) is 0 Å². The first kappa shape index (κ1) is 32.1. The highest BCUT2D eigenvalue weighted by Crippen LogP contribution is 2.30. The van der Waals surface area contributed by atoms with Crippen LogP contribution in [-0.2, 0) is 32.1 Å². The molecule has 9 nitrogen and oxygen atoms in total. The Labute approximate surface area is 268 Å². The standard InChI is InChI=1S/C33H40Cl2N4O5/c1-2-44-31(41)19-22-9-13-38(14-10-22)32(42)25(17-23-7-8-27(34)28(35)18-23)20-30(40)37-15-11-26(12-16-37)39-21-24-5-3-4-6-29(24)36-33(39)43/h3-8,18,22,25-26H,2,9-17,19-21H2,1H3,(H,36,43). The predicted octanol–water partition coefficient (Wildman–Crippen LogP) is 5.77. The number of nitrogens with one attached hydrogen (secondary N) is 1. The van der Waals surface area contributed by atoms with Crippen molar-refractivity contribution in [2.75, 3.05) is 38.1 Å². The normalized spacial score (nSPS) is 18.4. The molecule has 1 unspecified atom stereocenters. The molecule has 0 radical (unpaired) electrons. The van der Waals surface area contributed by atoms with Gasteiger partial charge in [0.05, 0.1) is 22.6 Å². The summed E-state index contributed by atoms with van der Waals surface area (Å²) in [6.07, 6.45) is 3.63. The van der Waals surface area contributed by atoms with Gasteiger partial charge in [0, 0.05) is 57.3 Å². The Morgan fingerprint density at radius 1 is 0.955 bits per heavy atom. The minimum Gasteiger partial charge on any atom is -0.466 e. The van der Waals surface area contributed by atoms with Crippen LogP contribution in [0.1, 0.15) is 56.6 Å². The van der Waals surface area contributed by atoms with Gasteiger partial charge in [-0.2, -0.15) is 0 Å². The number of para-hydroxylation sites is 1. The van der Waals surface area contributed by atoms with Crippen LogP contribution in [0.5, 0.6) is 0 Å². The van der Waals surface area contributed by atoms with Crippen LogP contribution < -0.4 is 5.32 Å². The fourth-order valence-corrected chi connectivity index (χ4v) is 6.87. The second-order valence-electron chi connectivity index (χ2n) is 12.0. The maximum absolute atomic E-state index is 13.9. The Morgan fingerprint density at radius 3 is 2.36 bits per heavy atom. The number of likely N-dealkylation sites (tertiary alicyclic amines) is 2. The van der Waals surface area contributed by atoms with Gasteiger partial charge in [-0.25, -0.2) is 4.79 Å². The lowest BCUT2D eigenvalue weighted by molar-refractivity contribution is -0.145. The first-order valence-corrected chi connectivity index (χ1v) is 16.3. The van der Waals surface area contributed by atoms with E-state index in [1.807, 2.05) is 45.0 Å². The van der Waals surface area contributed by atoms with E-state index in [4.69, 9.17) is 27.9 Å². The number of fused-ring (bicyclic) bond motifs is 1. The average molecular weight is 644 g/mol.